The predicted molar refractivity (Wildman–Crippen MR) is 123 cm³/mol. The van der Waals surface area contributed by atoms with Gasteiger partial charge in [0.1, 0.15) is 5.82 Å². The molecule has 0 N–H and O–H groups in total. The number of benzene rings is 1. The molecule has 0 atom stereocenters. The Morgan fingerprint density at radius 2 is 1.87 bits per heavy atom. The lowest BCUT2D eigenvalue weighted by Crippen LogP contribution is -2.37. The second-order valence-electron chi connectivity index (χ2n) is 7.70. The van der Waals surface area contributed by atoms with Crippen LogP contribution in [-0.2, 0) is 11.2 Å². The second kappa shape index (κ2) is 9.39. The van der Waals surface area contributed by atoms with Crippen molar-refractivity contribution in [2.24, 2.45) is 0 Å². The van der Waals surface area contributed by atoms with Gasteiger partial charge in [0.25, 0.3) is 0 Å². The number of anilines is 1. The number of hydrogen-bond acceptors (Lipinski definition) is 5. The summed E-state index contributed by atoms with van der Waals surface area (Å²) in [6, 6.07) is 9.17. The molecule has 1 fully saturated rings. The molecule has 8 heteroatoms. The molecule has 4 rings (SSSR count). The van der Waals surface area contributed by atoms with Crippen LogP contribution in [0.25, 0.3) is 5.69 Å². The average Bonchev–Trinajstić information content (AvgIpc) is 3.16. The quantitative estimate of drug-likeness (QED) is 0.490. The molecule has 0 bridgehead atoms. The van der Waals surface area contributed by atoms with Crippen molar-refractivity contribution < 1.29 is 9.53 Å². The summed E-state index contributed by atoms with van der Waals surface area (Å²) in [6.45, 7) is 3.59. The van der Waals surface area contributed by atoms with Crippen molar-refractivity contribution in [2.45, 2.75) is 32.3 Å². The number of aromatic nitrogens is 3. The summed E-state index contributed by atoms with van der Waals surface area (Å²) in [5.74, 6) is 0.739. The van der Waals surface area contributed by atoms with E-state index in [0.717, 1.165) is 48.7 Å². The minimum Gasteiger partial charge on any atom is -0.381 e. The van der Waals surface area contributed by atoms with Crippen LogP contribution in [0.15, 0.2) is 42.7 Å². The monoisotopic (exact) mass is 458 g/mol. The number of halogens is 2. The van der Waals surface area contributed by atoms with Crippen LogP contribution >= 0.6 is 23.2 Å². The lowest BCUT2D eigenvalue weighted by atomic mass is 10.0. The number of rotatable bonds is 6. The molecule has 0 aliphatic carbocycles. The summed E-state index contributed by atoms with van der Waals surface area (Å²) in [6.07, 6.45) is 5.75. The van der Waals surface area contributed by atoms with E-state index in [1.165, 1.54) is 0 Å². The molecule has 6 nitrogen and oxygen atoms in total. The van der Waals surface area contributed by atoms with Gasteiger partial charge in [0.2, 0.25) is 0 Å². The van der Waals surface area contributed by atoms with E-state index in [2.05, 4.69) is 15.0 Å². The number of piperidine rings is 1. The molecule has 0 spiro atoms. The Balaban J connectivity index is 1.47. The largest absolute Gasteiger partial charge is 0.381 e. The number of pyridine rings is 1. The Bertz CT molecular complexity index is 1070. The molecule has 0 saturated carbocycles. The van der Waals surface area contributed by atoms with Gasteiger partial charge in [0, 0.05) is 37.8 Å². The number of carbonyl (C=O) groups is 1. The van der Waals surface area contributed by atoms with Crippen LogP contribution in [0.4, 0.5) is 5.82 Å². The van der Waals surface area contributed by atoms with E-state index in [1.807, 2.05) is 25.1 Å². The number of ether oxygens (including phenoxy) is 1. The standard InChI is InChI=1S/C23H24Cl2N4O2/c1-15-20(14-27-29(15)18-5-3-17(24)4-6-18)22(30)12-16-11-21(25)23(26-13-16)28-9-7-19(31-2)8-10-28/h3-6,11,13-14,19H,7-10,12H2,1-2H3. The first-order chi connectivity index (χ1) is 15.0. The van der Waals surface area contributed by atoms with Gasteiger partial charge in [0.05, 0.1) is 34.3 Å². The van der Waals surface area contributed by atoms with Crippen LogP contribution < -0.4 is 4.90 Å². The fourth-order valence-corrected chi connectivity index (χ4v) is 4.34. The molecule has 3 aromatic rings. The first-order valence-corrected chi connectivity index (χ1v) is 11.0. The first kappa shape index (κ1) is 21.8. The highest BCUT2D eigenvalue weighted by atomic mass is 35.5. The fraction of sp³-hybridized carbons (Fsp3) is 0.348. The molecule has 162 valence electrons. The Morgan fingerprint density at radius 1 is 1.16 bits per heavy atom. The van der Waals surface area contributed by atoms with Crippen LogP contribution in [0.1, 0.15) is 34.5 Å². The van der Waals surface area contributed by atoms with Gasteiger partial charge in [-0.25, -0.2) is 9.67 Å². The van der Waals surface area contributed by atoms with E-state index in [4.69, 9.17) is 27.9 Å². The van der Waals surface area contributed by atoms with Crippen LogP contribution in [0.3, 0.4) is 0 Å². The van der Waals surface area contributed by atoms with Gasteiger partial charge < -0.3 is 9.64 Å². The Hall–Kier alpha value is -2.41. The molecule has 3 heterocycles. The van der Waals surface area contributed by atoms with E-state index < -0.39 is 0 Å². The SMILES string of the molecule is COC1CCN(c2ncc(CC(=O)c3cnn(-c4ccc(Cl)cc4)c3C)cc2Cl)CC1. The minimum atomic E-state index is -0.0239. The summed E-state index contributed by atoms with van der Waals surface area (Å²) in [5, 5.41) is 5.60. The van der Waals surface area contributed by atoms with Gasteiger partial charge in [-0.05, 0) is 55.7 Å². The highest BCUT2D eigenvalue weighted by Crippen LogP contribution is 2.28. The number of ketones is 1. The van der Waals surface area contributed by atoms with Gasteiger partial charge in [-0.2, -0.15) is 5.10 Å². The third-order valence-corrected chi connectivity index (χ3v) is 6.23. The summed E-state index contributed by atoms with van der Waals surface area (Å²) in [4.78, 5) is 19.7. The molecule has 0 unspecified atom stereocenters. The molecule has 0 amide bonds. The van der Waals surface area contributed by atoms with Gasteiger partial charge in [-0.1, -0.05) is 23.2 Å². The maximum Gasteiger partial charge on any atom is 0.170 e. The van der Waals surface area contributed by atoms with Crippen LogP contribution in [-0.4, -0.2) is 46.9 Å². The molecule has 31 heavy (non-hydrogen) atoms. The summed E-state index contributed by atoms with van der Waals surface area (Å²) in [5.41, 5.74) is 3.00. The van der Waals surface area contributed by atoms with Crippen LogP contribution in [0, 0.1) is 6.92 Å². The highest BCUT2D eigenvalue weighted by Gasteiger charge is 2.22. The van der Waals surface area contributed by atoms with E-state index in [-0.39, 0.29) is 12.2 Å². The number of carbonyl (C=O) groups excluding carboxylic acids is 1. The Kier molecular flexibility index (Phi) is 6.60. The molecular weight excluding hydrogens is 435 g/mol. The van der Waals surface area contributed by atoms with Crippen molar-refractivity contribution in [1.29, 1.82) is 0 Å². The molecule has 1 saturated heterocycles. The third kappa shape index (κ3) is 4.76. The van der Waals surface area contributed by atoms with Gasteiger partial charge >= 0.3 is 0 Å². The highest BCUT2D eigenvalue weighted by molar-refractivity contribution is 6.33. The van der Waals surface area contributed by atoms with Gasteiger partial charge in [0.15, 0.2) is 5.78 Å². The van der Waals surface area contributed by atoms with Crippen molar-refractivity contribution in [3.05, 3.63) is 69.6 Å². The smallest absolute Gasteiger partial charge is 0.170 e. The maximum absolute atomic E-state index is 12.9. The van der Waals surface area contributed by atoms with E-state index >= 15 is 0 Å². The summed E-state index contributed by atoms with van der Waals surface area (Å²) in [7, 11) is 1.75. The van der Waals surface area contributed by atoms with Gasteiger partial charge in [-0.3, -0.25) is 4.79 Å². The topological polar surface area (TPSA) is 60.2 Å². The molecule has 1 aliphatic heterocycles. The zero-order valence-electron chi connectivity index (χ0n) is 17.5. The summed E-state index contributed by atoms with van der Waals surface area (Å²) >= 11 is 12.5. The Labute approximate surface area is 191 Å². The second-order valence-corrected chi connectivity index (χ2v) is 8.55. The lowest BCUT2D eigenvalue weighted by molar-refractivity contribution is 0.0818. The van der Waals surface area contributed by atoms with Gasteiger partial charge in [-0.15, -0.1) is 0 Å². The van der Waals surface area contributed by atoms with Crippen LogP contribution in [0.2, 0.25) is 10.0 Å². The molecule has 1 aromatic carbocycles. The Morgan fingerprint density at radius 3 is 2.52 bits per heavy atom. The van der Waals surface area contributed by atoms with Crippen molar-refractivity contribution in [2.75, 3.05) is 25.1 Å². The zero-order valence-corrected chi connectivity index (χ0v) is 19.0. The zero-order chi connectivity index (χ0) is 22.0. The van der Waals surface area contributed by atoms with E-state index in [9.17, 15) is 4.79 Å². The number of Topliss-reactive ketones (excluding diaryl/α,β-unsaturated/α-hetero) is 1. The summed E-state index contributed by atoms with van der Waals surface area (Å²) < 4.78 is 7.16. The average molecular weight is 459 g/mol. The fourth-order valence-electron chi connectivity index (χ4n) is 3.91. The number of nitrogens with zero attached hydrogens (tertiary/aromatic N) is 4. The van der Waals surface area contributed by atoms with Crippen LogP contribution in [0.5, 0.6) is 0 Å². The van der Waals surface area contributed by atoms with Crippen molar-refractivity contribution >= 4 is 34.8 Å². The normalized spacial score (nSPS) is 14.8. The third-order valence-electron chi connectivity index (χ3n) is 5.70. The predicted octanol–water partition coefficient (Wildman–Crippen LogP) is 4.92. The van der Waals surface area contributed by atoms with E-state index in [1.54, 1.807) is 36.3 Å². The first-order valence-electron chi connectivity index (χ1n) is 10.2. The van der Waals surface area contributed by atoms with Crippen molar-refractivity contribution in [1.82, 2.24) is 14.8 Å². The molecular formula is C23H24Cl2N4O2. The van der Waals surface area contributed by atoms with Crippen molar-refractivity contribution in [3.8, 4) is 5.69 Å². The lowest BCUT2D eigenvalue weighted by Gasteiger charge is -2.32. The molecule has 0 radical (unpaired) electrons. The number of hydrogen-bond donors (Lipinski definition) is 0. The minimum absolute atomic E-state index is 0.0239. The molecule has 1 aliphatic rings. The van der Waals surface area contributed by atoms with Crippen molar-refractivity contribution in [3.63, 3.8) is 0 Å². The number of methoxy groups -OCH3 is 1. The molecule has 2 aromatic heterocycles. The van der Waals surface area contributed by atoms with E-state index in [0.29, 0.717) is 21.7 Å². The maximum atomic E-state index is 12.9.